The summed E-state index contributed by atoms with van der Waals surface area (Å²) >= 11 is 0. The fraction of sp³-hybridized carbons (Fsp3) is 0.333. The lowest BCUT2D eigenvalue weighted by Crippen LogP contribution is -2.38. The quantitative estimate of drug-likeness (QED) is 0.837. The smallest absolute Gasteiger partial charge is 0.376 e. The number of benzene rings is 1. The van der Waals surface area contributed by atoms with Gasteiger partial charge in [-0.3, -0.25) is 9.69 Å². The molecular weight excluding hydrogens is 294 g/mol. The number of halogens is 4. The van der Waals surface area contributed by atoms with Crippen LogP contribution in [0.2, 0.25) is 0 Å². The van der Waals surface area contributed by atoms with Crippen LogP contribution in [-0.4, -0.2) is 36.5 Å². The molecule has 1 aliphatic heterocycles. The van der Waals surface area contributed by atoms with Gasteiger partial charge in [0.25, 0.3) is 0 Å². The summed E-state index contributed by atoms with van der Waals surface area (Å²) in [6.07, 6.45) is -4.82. The second-order valence-electron chi connectivity index (χ2n) is 4.32. The predicted octanol–water partition coefficient (Wildman–Crippen LogP) is 1.81. The molecule has 114 valence electrons. The Morgan fingerprint density at radius 2 is 2.10 bits per heavy atom. The van der Waals surface area contributed by atoms with Gasteiger partial charge >= 0.3 is 12.2 Å². The number of nitrogens with zero attached hydrogens (tertiary/aromatic N) is 1. The second kappa shape index (κ2) is 5.58. The van der Waals surface area contributed by atoms with Gasteiger partial charge in [-0.25, -0.2) is 9.18 Å². The zero-order chi connectivity index (χ0) is 15.6. The standard InChI is InChI=1S/C12H11F4N3O2/c13-9-2-1-7(5-8(9)12(14,15)16)18-6-10(20)19-4-3-17-11(19)21/h1-2,5,18H,3-4,6H2,(H,17,21). The van der Waals surface area contributed by atoms with Crippen molar-refractivity contribution in [3.63, 3.8) is 0 Å². The van der Waals surface area contributed by atoms with E-state index in [2.05, 4.69) is 10.6 Å². The fourth-order valence-electron chi connectivity index (χ4n) is 1.84. The molecule has 0 atom stereocenters. The number of rotatable bonds is 3. The maximum absolute atomic E-state index is 13.1. The van der Waals surface area contributed by atoms with Gasteiger partial charge in [-0.1, -0.05) is 0 Å². The minimum atomic E-state index is -4.82. The highest BCUT2D eigenvalue weighted by molar-refractivity contribution is 5.97. The van der Waals surface area contributed by atoms with Crippen molar-refractivity contribution in [2.75, 3.05) is 25.0 Å². The van der Waals surface area contributed by atoms with E-state index in [-0.39, 0.29) is 18.8 Å². The lowest BCUT2D eigenvalue weighted by atomic mass is 10.2. The summed E-state index contributed by atoms with van der Waals surface area (Å²) in [4.78, 5) is 23.9. The van der Waals surface area contributed by atoms with Crippen molar-refractivity contribution in [1.29, 1.82) is 0 Å². The van der Waals surface area contributed by atoms with Crippen LogP contribution in [0.3, 0.4) is 0 Å². The molecule has 0 bridgehead atoms. The summed E-state index contributed by atoms with van der Waals surface area (Å²) in [5, 5.41) is 4.87. The van der Waals surface area contributed by atoms with Crippen molar-refractivity contribution >= 4 is 17.6 Å². The van der Waals surface area contributed by atoms with Crippen LogP contribution >= 0.6 is 0 Å². The highest BCUT2D eigenvalue weighted by Gasteiger charge is 2.34. The molecule has 21 heavy (non-hydrogen) atoms. The van der Waals surface area contributed by atoms with Crippen LogP contribution in [0.4, 0.5) is 28.0 Å². The number of alkyl halides is 3. The molecule has 0 radical (unpaired) electrons. The fourth-order valence-corrected chi connectivity index (χ4v) is 1.84. The Balaban J connectivity index is 2.04. The minimum absolute atomic E-state index is 0.0586. The van der Waals surface area contributed by atoms with E-state index in [1.807, 2.05) is 0 Å². The van der Waals surface area contributed by atoms with Crippen LogP contribution < -0.4 is 10.6 Å². The third-order valence-corrected chi connectivity index (χ3v) is 2.87. The first kappa shape index (κ1) is 15.1. The molecule has 9 heteroatoms. The van der Waals surface area contributed by atoms with Crippen molar-refractivity contribution < 1.29 is 27.2 Å². The highest BCUT2D eigenvalue weighted by atomic mass is 19.4. The zero-order valence-electron chi connectivity index (χ0n) is 10.6. The van der Waals surface area contributed by atoms with Gasteiger partial charge in [0.2, 0.25) is 5.91 Å². The number of hydrogen-bond acceptors (Lipinski definition) is 3. The first-order valence-corrected chi connectivity index (χ1v) is 5.98. The molecule has 0 aliphatic carbocycles. The molecule has 0 saturated carbocycles. The lowest BCUT2D eigenvalue weighted by molar-refractivity contribution is -0.139. The maximum Gasteiger partial charge on any atom is 0.419 e. The Hall–Kier alpha value is -2.32. The van der Waals surface area contributed by atoms with E-state index < -0.39 is 29.5 Å². The number of nitrogens with one attached hydrogen (secondary N) is 2. The molecule has 0 unspecified atom stereocenters. The van der Waals surface area contributed by atoms with Gasteiger partial charge in [-0.15, -0.1) is 0 Å². The Morgan fingerprint density at radius 1 is 1.38 bits per heavy atom. The lowest BCUT2D eigenvalue weighted by Gasteiger charge is -2.14. The monoisotopic (exact) mass is 305 g/mol. The third kappa shape index (κ3) is 3.41. The van der Waals surface area contributed by atoms with E-state index in [9.17, 15) is 27.2 Å². The van der Waals surface area contributed by atoms with Crippen molar-refractivity contribution in [2.24, 2.45) is 0 Å². The van der Waals surface area contributed by atoms with Crippen molar-refractivity contribution in [1.82, 2.24) is 10.2 Å². The predicted molar refractivity (Wildman–Crippen MR) is 65.0 cm³/mol. The molecule has 1 aliphatic rings. The number of anilines is 1. The maximum atomic E-state index is 13.1. The van der Waals surface area contributed by atoms with Crippen LogP contribution in [0.15, 0.2) is 18.2 Å². The van der Waals surface area contributed by atoms with Crippen LogP contribution in [0.1, 0.15) is 5.56 Å². The molecule has 1 saturated heterocycles. The van der Waals surface area contributed by atoms with Gasteiger partial charge in [-0.2, -0.15) is 13.2 Å². The topological polar surface area (TPSA) is 61.4 Å². The van der Waals surface area contributed by atoms with Crippen LogP contribution in [-0.2, 0) is 11.0 Å². The number of imide groups is 1. The average molecular weight is 305 g/mol. The van der Waals surface area contributed by atoms with Gasteiger partial charge in [0.15, 0.2) is 0 Å². The molecular formula is C12H11F4N3O2. The van der Waals surface area contributed by atoms with Gasteiger partial charge in [0, 0.05) is 18.8 Å². The van der Waals surface area contributed by atoms with Crippen LogP contribution in [0, 0.1) is 5.82 Å². The van der Waals surface area contributed by atoms with Crippen LogP contribution in [0.5, 0.6) is 0 Å². The summed E-state index contributed by atoms with van der Waals surface area (Å²) in [5.74, 6) is -1.97. The van der Waals surface area contributed by atoms with E-state index in [0.29, 0.717) is 18.7 Å². The molecule has 0 spiro atoms. The van der Waals surface area contributed by atoms with Gasteiger partial charge < -0.3 is 10.6 Å². The molecule has 0 aromatic heterocycles. The normalized spacial score (nSPS) is 15.0. The third-order valence-electron chi connectivity index (χ3n) is 2.87. The van der Waals surface area contributed by atoms with Gasteiger partial charge in [0.1, 0.15) is 5.82 Å². The second-order valence-corrected chi connectivity index (χ2v) is 4.32. The molecule has 1 heterocycles. The molecule has 2 rings (SSSR count). The van der Waals surface area contributed by atoms with Crippen molar-refractivity contribution in [3.05, 3.63) is 29.6 Å². The SMILES string of the molecule is O=C(CNc1ccc(F)c(C(F)(F)F)c1)N1CCNC1=O. The first-order valence-electron chi connectivity index (χ1n) is 5.98. The molecule has 1 aromatic carbocycles. The molecule has 1 aromatic rings. The highest BCUT2D eigenvalue weighted by Crippen LogP contribution is 2.32. The zero-order valence-corrected chi connectivity index (χ0v) is 10.6. The van der Waals surface area contributed by atoms with Gasteiger partial charge in [-0.05, 0) is 18.2 Å². The minimum Gasteiger partial charge on any atom is -0.376 e. The van der Waals surface area contributed by atoms with Crippen molar-refractivity contribution in [2.45, 2.75) is 6.18 Å². The number of urea groups is 1. The molecule has 5 nitrogen and oxygen atoms in total. The summed E-state index contributed by atoms with van der Waals surface area (Å²) < 4.78 is 50.7. The molecule has 3 amide bonds. The largest absolute Gasteiger partial charge is 0.419 e. The first-order chi connectivity index (χ1) is 9.79. The summed E-state index contributed by atoms with van der Waals surface area (Å²) in [7, 11) is 0. The van der Waals surface area contributed by atoms with Gasteiger partial charge in [0.05, 0.1) is 12.1 Å². The van der Waals surface area contributed by atoms with Crippen LogP contribution in [0.25, 0.3) is 0 Å². The van der Waals surface area contributed by atoms with E-state index in [4.69, 9.17) is 0 Å². The van der Waals surface area contributed by atoms with E-state index >= 15 is 0 Å². The van der Waals surface area contributed by atoms with E-state index in [1.165, 1.54) is 0 Å². The Labute approximate surface area is 116 Å². The van der Waals surface area contributed by atoms with Crippen molar-refractivity contribution in [3.8, 4) is 0 Å². The summed E-state index contributed by atoms with van der Waals surface area (Å²) in [6.45, 7) is 0.173. The van der Waals surface area contributed by atoms with E-state index in [0.717, 1.165) is 11.0 Å². The number of carbonyl (C=O) groups excluding carboxylic acids is 2. The Bertz CT molecular complexity index is 574. The molecule has 1 fully saturated rings. The Morgan fingerprint density at radius 3 is 2.67 bits per heavy atom. The summed E-state index contributed by atoms with van der Waals surface area (Å²) in [5.41, 5.74) is -1.48. The molecule has 2 N–H and O–H groups in total. The Kier molecular flexibility index (Phi) is 4.01. The number of amides is 3. The number of hydrogen-bond donors (Lipinski definition) is 2. The summed E-state index contributed by atoms with van der Waals surface area (Å²) in [6, 6.07) is 1.78. The average Bonchev–Trinajstić information content (AvgIpc) is 2.82. The van der Waals surface area contributed by atoms with E-state index in [1.54, 1.807) is 0 Å². The number of carbonyl (C=O) groups is 2.